The Morgan fingerprint density at radius 2 is 1.62 bits per heavy atom. The number of hydrogen-bond donors (Lipinski definition) is 2. The second-order valence-electron chi connectivity index (χ2n) is 10.7. The number of amides is 1. The molecule has 4 N–H and O–H groups in total. The highest BCUT2D eigenvalue weighted by molar-refractivity contribution is 6.30. The quantitative estimate of drug-likeness (QED) is 0.0225. The summed E-state index contributed by atoms with van der Waals surface area (Å²) in [6, 6.07) is 14.8. The molecule has 0 aliphatic heterocycles. The van der Waals surface area contributed by atoms with Crippen molar-refractivity contribution in [3.8, 4) is 11.1 Å². The summed E-state index contributed by atoms with van der Waals surface area (Å²) >= 11 is 6.49. The van der Waals surface area contributed by atoms with E-state index in [0.29, 0.717) is 42.2 Å². The number of amidine groups is 1. The molecular formula is C31H39ClN8O10. The fourth-order valence-electron chi connectivity index (χ4n) is 4.64. The molecule has 50 heavy (non-hydrogen) atoms. The molecule has 18 nitrogen and oxygen atoms in total. The third-order valence-electron chi connectivity index (χ3n) is 7.12. The number of benzene rings is 2. The summed E-state index contributed by atoms with van der Waals surface area (Å²) < 4.78 is 12.4. The molecule has 1 amide bonds. The number of nitrogens with zero attached hydrogens (tertiary/aromatic N) is 6. The summed E-state index contributed by atoms with van der Waals surface area (Å²) in [6.45, 7) is 1.95. The molecule has 0 saturated heterocycles. The van der Waals surface area contributed by atoms with Gasteiger partial charge in [0.05, 0.1) is 25.5 Å². The van der Waals surface area contributed by atoms with Crippen LogP contribution >= 0.6 is 11.6 Å². The minimum atomic E-state index is -0.959. The van der Waals surface area contributed by atoms with Gasteiger partial charge in [0.2, 0.25) is 0 Å². The van der Waals surface area contributed by atoms with Crippen LogP contribution in [0.25, 0.3) is 11.1 Å². The second kappa shape index (κ2) is 20.1. The van der Waals surface area contributed by atoms with E-state index in [2.05, 4.69) is 26.7 Å². The summed E-state index contributed by atoms with van der Waals surface area (Å²) in [5.41, 5.74) is 9.72. The normalized spacial score (nSPS) is 11.1. The minimum Gasteiger partial charge on any atom is -0.459 e. The summed E-state index contributed by atoms with van der Waals surface area (Å²) in [5, 5.41) is 23.4. The van der Waals surface area contributed by atoms with Gasteiger partial charge in [-0.25, -0.2) is 15.6 Å². The van der Waals surface area contributed by atoms with E-state index < -0.39 is 22.2 Å². The van der Waals surface area contributed by atoms with Crippen LogP contribution in [-0.2, 0) is 43.5 Å². The number of ether oxygens (including phenoxy) is 2. The second-order valence-corrected chi connectivity index (χ2v) is 11.1. The molecule has 0 saturated carbocycles. The van der Waals surface area contributed by atoms with Gasteiger partial charge in [0, 0.05) is 24.9 Å². The number of carbonyl (C=O) groups excluding carboxylic acids is 2. The molecule has 0 spiro atoms. The molecule has 0 fully saturated rings. The molecule has 1 heterocycles. The maximum absolute atomic E-state index is 12.3. The van der Waals surface area contributed by atoms with Crippen LogP contribution in [0.1, 0.15) is 68.1 Å². The summed E-state index contributed by atoms with van der Waals surface area (Å²) in [5.74, 6) is 5.91. The first kappa shape index (κ1) is 39.0. The van der Waals surface area contributed by atoms with E-state index in [4.69, 9.17) is 32.7 Å². The average molecular weight is 719 g/mol. The molecule has 0 aliphatic rings. The first-order chi connectivity index (χ1) is 24.0. The first-order valence-corrected chi connectivity index (χ1v) is 16.1. The monoisotopic (exact) mass is 718 g/mol. The van der Waals surface area contributed by atoms with Crippen molar-refractivity contribution in [1.29, 1.82) is 0 Å². The topological polar surface area (TPSA) is 243 Å². The van der Waals surface area contributed by atoms with Crippen molar-refractivity contribution in [2.45, 2.75) is 65.0 Å². The van der Waals surface area contributed by atoms with Crippen LogP contribution in [0, 0.1) is 20.2 Å². The standard InChI is InChI=1S/C31H39ClN8O10/c1-2-3-11-27-35-29(32)26(21-48-28(41)12-8-19-50-40(45)46)37(27)20-22-13-15-23(16-14-22)24-9-4-5-10-25(24)30(33)36-38(34)31(42)47-17-6-7-18-49-39(43)44/h4-5,9-10,13-16H,2-3,6-8,11-12,17-21,34H2,1H3,(H2,33,36). The molecule has 2 aromatic carbocycles. The summed E-state index contributed by atoms with van der Waals surface area (Å²) in [7, 11) is 0. The van der Waals surface area contributed by atoms with Crippen molar-refractivity contribution in [2.24, 2.45) is 16.7 Å². The van der Waals surface area contributed by atoms with Gasteiger partial charge in [-0.05, 0) is 42.4 Å². The van der Waals surface area contributed by atoms with Crippen LogP contribution in [-0.4, -0.2) is 62.6 Å². The third-order valence-corrected chi connectivity index (χ3v) is 7.42. The zero-order chi connectivity index (χ0) is 36.5. The van der Waals surface area contributed by atoms with Gasteiger partial charge in [0.15, 0.2) is 11.0 Å². The molecule has 0 atom stereocenters. The van der Waals surface area contributed by atoms with E-state index in [-0.39, 0.29) is 50.3 Å². The number of imidazole rings is 1. The molecule has 0 radical (unpaired) electrons. The highest BCUT2D eigenvalue weighted by Crippen LogP contribution is 2.26. The Labute approximate surface area is 292 Å². The highest BCUT2D eigenvalue weighted by Gasteiger charge is 2.19. The number of rotatable bonds is 21. The zero-order valence-electron chi connectivity index (χ0n) is 27.4. The smallest absolute Gasteiger partial charge is 0.445 e. The van der Waals surface area contributed by atoms with E-state index in [1.807, 2.05) is 41.0 Å². The Morgan fingerprint density at radius 3 is 2.30 bits per heavy atom. The first-order valence-electron chi connectivity index (χ1n) is 15.7. The fourth-order valence-corrected chi connectivity index (χ4v) is 4.90. The Hall–Kier alpha value is -5.49. The van der Waals surface area contributed by atoms with Crippen molar-refractivity contribution in [1.82, 2.24) is 14.7 Å². The van der Waals surface area contributed by atoms with Crippen LogP contribution in [0.3, 0.4) is 0 Å². The number of aromatic nitrogens is 2. The van der Waals surface area contributed by atoms with E-state index in [0.717, 1.165) is 35.4 Å². The number of hydrazone groups is 1. The molecule has 3 rings (SSSR count). The van der Waals surface area contributed by atoms with E-state index in [1.165, 1.54) is 0 Å². The van der Waals surface area contributed by atoms with Gasteiger partial charge in [-0.3, -0.25) is 4.79 Å². The van der Waals surface area contributed by atoms with Crippen LogP contribution in [0.15, 0.2) is 53.6 Å². The lowest BCUT2D eigenvalue weighted by atomic mass is 9.98. The Balaban J connectivity index is 1.71. The molecule has 3 aromatic rings. The molecule has 270 valence electrons. The lowest BCUT2D eigenvalue weighted by Crippen LogP contribution is -2.36. The molecule has 0 bridgehead atoms. The number of nitrogens with two attached hydrogens (primary N) is 2. The van der Waals surface area contributed by atoms with Crippen molar-refractivity contribution in [2.75, 3.05) is 19.8 Å². The maximum Gasteiger partial charge on any atom is 0.445 e. The van der Waals surface area contributed by atoms with E-state index >= 15 is 0 Å². The van der Waals surface area contributed by atoms with Crippen LogP contribution in [0.4, 0.5) is 4.79 Å². The van der Waals surface area contributed by atoms with Gasteiger partial charge < -0.3 is 29.4 Å². The van der Waals surface area contributed by atoms with Gasteiger partial charge in [-0.2, -0.15) is 0 Å². The highest BCUT2D eigenvalue weighted by atomic mass is 35.5. The van der Waals surface area contributed by atoms with Gasteiger partial charge in [0.25, 0.3) is 10.2 Å². The minimum absolute atomic E-state index is 0.0402. The molecule has 0 aliphatic carbocycles. The maximum atomic E-state index is 12.3. The van der Waals surface area contributed by atoms with Gasteiger partial charge >= 0.3 is 12.1 Å². The lowest BCUT2D eigenvalue weighted by Gasteiger charge is -2.15. The summed E-state index contributed by atoms with van der Waals surface area (Å²) in [4.78, 5) is 58.0. The summed E-state index contributed by atoms with van der Waals surface area (Å²) in [6.07, 6.45) is 2.22. The largest absolute Gasteiger partial charge is 0.459 e. The van der Waals surface area contributed by atoms with E-state index in [1.54, 1.807) is 12.1 Å². The zero-order valence-corrected chi connectivity index (χ0v) is 28.2. The molecular weight excluding hydrogens is 680 g/mol. The van der Waals surface area contributed by atoms with Crippen LogP contribution < -0.4 is 11.6 Å². The van der Waals surface area contributed by atoms with Crippen molar-refractivity contribution in [3.05, 3.63) is 96.6 Å². The number of carbonyl (C=O) groups is 2. The number of hydrogen-bond acceptors (Lipinski definition) is 13. The third kappa shape index (κ3) is 12.5. The molecule has 19 heteroatoms. The SMILES string of the molecule is CCCCc1nc(Cl)c(COC(=O)CCCO[N+](=O)[O-])n1Cc1ccc(-c2ccccc2/C(N)=N/N(N)C(=O)OCCCCO[N+](=O)[O-])cc1. The van der Waals surface area contributed by atoms with Gasteiger partial charge in [-0.1, -0.05) is 73.5 Å². The Bertz CT molecular complexity index is 1630. The van der Waals surface area contributed by atoms with E-state index in [9.17, 15) is 29.8 Å². The van der Waals surface area contributed by atoms with Crippen LogP contribution in [0.2, 0.25) is 5.15 Å². The molecule has 0 unspecified atom stereocenters. The van der Waals surface area contributed by atoms with Gasteiger partial charge in [-0.15, -0.1) is 30.4 Å². The van der Waals surface area contributed by atoms with Crippen LogP contribution in [0.5, 0.6) is 0 Å². The fraction of sp³-hybridized carbons (Fsp3) is 0.419. The predicted molar refractivity (Wildman–Crippen MR) is 179 cm³/mol. The molecule has 1 aromatic heterocycles. The number of halogens is 1. The van der Waals surface area contributed by atoms with Crippen molar-refractivity contribution >= 4 is 29.5 Å². The van der Waals surface area contributed by atoms with Crippen molar-refractivity contribution < 1.29 is 38.9 Å². The van der Waals surface area contributed by atoms with Crippen molar-refractivity contribution in [3.63, 3.8) is 0 Å². The number of aryl methyl sites for hydroxylation is 1. The average Bonchev–Trinajstić information content (AvgIpc) is 3.38. The Kier molecular flexibility index (Phi) is 15.7. The predicted octanol–water partition coefficient (Wildman–Crippen LogP) is 4.55. The Morgan fingerprint density at radius 1 is 0.960 bits per heavy atom. The number of unbranched alkanes of at least 4 members (excludes halogenated alkanes) is 2. The number of esters is 1. The number of hydrazine groups is 1. The van der Waals surface area contributed by atoms with Gasteiger partial charge in [0.1, 0.15) is 12.4 Å². The lowest BCUT2D eigenvalue weighted by molar-refractivity contribution is -0.757.